The van der Waals surface area contributed by atoms with Crippen LogP contribution in [0.1, 0.15) is 63.5 Å². The van der Waals surface area contributed by atoms with Gasteiger partial charge in [-0.25, -0.2) is 4.79 Å². The molecule has 1 unspecified atom stereocenters. The van der Waals surface area contributed by atoms with Crippen LogP contribution in [0.2, 0.25) is 0 Å². The van der Waals surface area contributed by atoms with E-state index in [-0.39, 0.29) is 43.1 Å². The summed E-state index contributed by atoms with van der Waals surface area (Å²) in [5.41, 5.74) is 1.96. The summed E-state index contributed by atoms with van der Waals surface area (Å²) in [5.74, 6) is -2.65. The number of unbranched alkanes of at least 4 members (excludes halogenated alkanes) is 1. The molecular weight excluding hydrogens is 533 g/mol. The highest BCUT2D eigenvalue weighted by molar-refractivity contribution is 7.59. The first-order chi connectivity index (χ1) is 19.0. The predicted octanol–water partition coefficient (Wildman–Crippen LogP) is 5.41. The van der Waals surface area contributed by atoms with Crippen LogP contribution < -0.4 is 0 Å². The summed E-state index contributed by atoms with van der Waals surface area (Å²) < 4.78 is 25.6. The van der Waals surface area contributed by atoms with Crippen molar-refractivity contribution in [2.45, 2.75) is 71.1 Å². The number of hydrogen-bond acceptors (Lipinski definition) is 7. The monoisotopic (exact) mass is 573 g/mol. The second-order valence-electron chi connectivity index (χ2n) is 10.6. The Labute approximate surface area is 235 Å². The van der Waals surface area contributed by atoms with Gasteiger partial charge in [-0.3, -0.25) is 18.7 Å². The number of phenols is 1. The minimum Gasteiger partial charge on any atom is -0.508 e. The van der Waals surface area contributed by atoms with E-state index in [1.165, 1.54) is 17.0 Å². The van der Waals surface area contributed by atoms with Crippen molar-refractivity contribution in [2.24, 2.45) is 5.92 Å². The molecule has 218 valence electrons. The van der Waals surface area contributed by atoms with Crippen LogP contribution in [0.5, 0.6) is 5.75 Å². The first kappa shape index (κ1) is 31.4. The second kappa shape index (κ2) is 14.5. The Bertz CT molecular complexity index is 1180. The number of aryl methyl sites for hydroxylation is 1. The van der Waals surface area contributed by atoms with Crippen molar-refractivity contribution in [1.29, 1.82) is 0 Å². The number of carboxylic acid groups (broad SMARTS) is 1. The number of aliphatic carboxylic acids is 1. The van der Waals surface area contributed by atoms with Gasteiger partial charge in [0.05, 0.1) is 0 Å². The van der Waals surface area contributed by atoms with Crippen molar-refractivity contribution in [3.8, 4) is 5.75 Å². The zero-order valence-corrected chi connectivity index (χ0v) is 24.3. The van der Waals surface area contributed by atoms with Crippen LogP contribution in [0, 0.1) is 5.92 Å². The molecule has 4 atom stereocenters. The normalized spacial score (nSPS) is 19.2. The molecule has 1 amide bonds. The van der Waals surface area contributed by atoms with Crippen molar-refractivity contribution in [2.75, 3.05) is 18.9 Å². The molecule has 1 saturated heterocycles. The van der Waals surface area contributed by atoms with Gasteiger partial charge in [0.15, 0.2) is 0 Å². The number of hydrogen-bond donors (Lipinski definition) is 2. The standard InChI is InChI=1S/C30H40NO8P/c1-4-28(34)38-30(21(2)3)39-40(37,17-9-8-12-22-10-6-5-7-11-22)20-27(33)31-19-24(18-26(31)29(35)36)23-13-15-25(32)16-14-23/h5-7,10-11,13-16,21,24,26,30,32H,4,8-9,12,17-20H2,1-3H3,(H,35,36)/t24-,26+,30-,40?/m1/s1. The number of benzene rings is 2. The Kier molecular flexibility index (Phi) is 11.3. The highest BCUT2D eigenvalue weighted by Gasteiger charge is 2.43. The van der Waals surface area contributed by atoms with Gasteiger partial charge >= 0.3 is 11.9 Å². The fourth-order valence-electron chi connectivity index (χ4n) is 4.81. The van der Waals surface area contributed by atoms with Crippen molar-refractivity contribution >= 4 is 25.2 Å². The van der Waals surface area contributed by atoms with Gasteiger partial charge in [0.25, 0.3) is 0 Å². The molecule has 0 aromatic heterocycles. The molecule has 3 rings (SSSR count). The van der Waals surface area contributed by atoms with E-state index in [0.717, 1.165) is 24.0 Å². The molecule has 0 bridgehead atoms. The first-order valence-electron chi connectivity index (χ1n) is 13.8. The number of nitrogens with zero attached hydrogens (tertiary/aromatic N) is 1. The predicted molar refractivity (Wildman–Crippen MR) is 151 cm³/mol. The van der Waals surface area contributed by atoms with Crippen LogP contribution in [-0.2, 0) is 34.6 Å². The van der Waals surface area contributed by atoms with Crippen LogP contribution in [0.4, 0.5) is 0 Å². The van der Waals surface area contributed by atoms with E-state index < -0.39 is 43.7 Å². The van der Waals surface area contributed by atoms with Gasteiger partial charge in [0.1, 0.15) is 18.0 Å². The number of carboxylic acids is 1. The van der Waals surface area contributed by atoms with E-state index in [4.69, 9.17) is 9.26 Å². The number of phenolic OH excluding ortho intramolecular Hbond substituents is 1. The number of rotatable bonds is 14. The van der Waals surface area contributed by atoms with Crippen LogP contribution in [0.25, 0.3) is 0 Å². The highest BCUT2D eigenvalue weighted by Crippen LogP contribution is 2.51. The second-order valence-corrected chi connectivity index (χ2v) is 13.2. The Morgan fingerprint density at radius 3 is 2.33 bits per heavy atom. The summed E-state index contributed by atoms with van der Waals surface area (Å²) in [6, 6.07) is 15.3. The molecule has 0 saturated carbocycles. The van der Waals surface area contributed by atoms with E-state index in [2.05, 4.69) is 0 Å². The van der Waals surface area contributed by atoms with Crippen LogP contribution >= 0.6 is 7.37 Å². The fourth-order valence-corrected chi connectivity index (χ4v) is 7.11. The van der Waals surface area contributed by atoms with Crippen molar-refractivity contribution in [1.82, 2.24) is 4.90 Å². The maximum absolute atomic E-state index is 14.2. The zero-order valence-electron chi connectivity index (χ0n) is 23.4. The number of aromatic hydroxyl groups is 1. The lowest BCUT2D eigenvalue weighted by Crippen LogP contribution is -2.42. The van der Waals surface area contributed by atoms with E-state index in [1.807, 2.05) is 30.3 Å². The van der Waals surface area contributed by atoms with Crippen molar-refractivity contribution in [3.05, 3.63) is 65.7 Å². The average Bonchev–Trinajstić information content (AvgIpc) is 3.38. The lowest BCUT2D eigenvalue weighted by atomic mass is 9.96. The number of carbonyl (C=O) groups excluding carboxylic acids is 2. The number of amides is 1. The SMILES string of the molecule is CCC(=O)O[C@H](OP(=O)(CCCCc1ccccc1)CC(=O)N1C[C@H](c2ccc(O)cc2)C[C@H]1C(=O)O)C(C)C. The van der Waals surface area contributed by atoms with Gasteiger partial charge in [0, 0.05) is 31.0 Å². The molecule has 1 heterocycles. The van der Waals surface area contributed by atoms with Gasteiger partial charge in [-0.2, -0.15) is 0 Å². The smallest absolute Gasteiger partial charge is 0.326 e. The molecule has 0 radical (unpaired) electrons. The average molecular weight is 574 g/mol. The molecule has 9 nitrogen and oxygen atoms in total. The maximum Gasteiger partial charge on any atom is 0.326 e. The van der Waals surface area contributed by atoms with Crippen LogP contribution in [0.15, 0.2) is 54.6 Å². The van der Waals surface area contributed by atoms with E-state index >= 15 is 0 Å². The van der Waals surface area contributed by atoms with Gasteiger partial charge < -0.3 is 19.8 Å². The minimum atomic E-state index is -3.68. The number of esters is 1. The molecule has 2 aromatic rings. The summed E-state index contributed by atoms with van der Waals surface area (Å²) in [6.07, 6.45) is 0.883. The Morgan fingerprint density at radius 2 is 1.73 bits per heavy atom. The largest absolute Gasteiger partial charge is 0.508 e. The lowest BCUT2D eigenvalue weighted by molar-refractivity contribution is -0.169. The molecular formula is C30H40NO8P. The highest BCUT2D eigenvalue weighted by atomic mass is 31.2. The quantitative estimate of drug-likeness (QED) is 0.133. The van der Waals surface area contributed by atoms with Gasteiger partial charge in [-0.1, -0.05) is 63.2 Å². The number of ether oxygens (including phenoxy) is 1. The lowest BCUT2D eigenvalue weighted by Gasteiger charge is -2.29. The molecule has 10 heteroatoms. The molecule has 2 aromatic carbocycles. The zero-order chi connectivity index (χ0) is 29.3. The molecule has 2 N–H and O–H groups in total. The summed E-state index contributed by atoms with van der Waals surface area (Å²) in [5, 5.41) is 19.5. The first-order valence-corrected chi connectivity index (χ1v) is 15.8. The van der Waals surface area contributed by atoms with E-state index in [1.54, 1.807) is 32.9 Å². The van der Waals surface area contributed by atoms with Gasteiger partial charge in [0.2, 0.25) is 19.6 Å². The summed E-state index contributed by atoms with van der Waals surface area (Å²) >= 11 is 0. The Balaban J connectivity index is 1.77. The van der Waals surface area contributed by atoms with E-state index in [0.29, 0.717) is 6.42 Å². The Hall–Kier alpha value is -3.16. The molecule has 1 aliphatic heterocycles. The van der Waals surface area contributed by atoms with Crippen LogP contribution in [0.3, 0.4) is 0 Å². The molecule has 0 aliphatic carbocycles. The molecule has 1 aliphatic rings. The maximum atomic E-state index is 14.2. The molecule has 1 fully saturated rings. The molecule has 40 heavy (non-hydrogen) atoms. The third-order valence-electron chi connectivity index (χ3n) is 7.08. The summed E-state index contributed by atoms with van der Waals surface area (Å²) in [4.78, 5) is 38.9. The third-order valence-corrected chi connectivity index (χ3v) is 9.42. The molecule has 0 spiro atoms. The summed E-state index contributed by atoms with van der Waals surface area (Å²) in [6.45, 7) is 5.35. The minimum absolute atomic E-state index is 0.0956. The summed E-state index contributed by atoms with van der Waals surface area (Å²) in [7, 11) is -3.68. The van der Waals surface area contributed by atoms with Crippen molar-refractivity contribution in [3.63, 3.8) is 0 Å². The Morgan fingerprint density at radius 1 is 1.05 bits per heavy atom. The topological polar surface area (TPSA) is 130 Å². The van der Waals surface area contributed by atoms with Crippen LogP contribution in [-0.4, -0.2) is 64.2 Å². The van der Waals surface area contributed by atoms with Gasteiger partial charge in [-0.05, 0) is 48.9 Å². The fraction of sp³-hybridized carbons (Fsp3) is 0.500. The third kappa shape index (κ3) is 8.93. The van der Waals surface area contributed by atoms with Gasteiger partial charge in [-0.15, -0.1) is 0 Å². The van der Waals surface area contributed by atoms with E-state index in [9.17, 15) is 29.2 Å². The van der Waals surface area contributed by atoms with Crippen molar-refractivity contribution < 1.29 is 38.4 Å². The number of carbonyl (C=O) groups is 3. The number of likely N-dealkylation sites (tertiary alicyclic amines) is 1.